The van der Waals surface area contributed by atoms with E-state index >= 15 is 0 Å². The van der Waals surface area contributed by atoms with Gasteiger partial charge >= 0.3 is 12.0 Å². The molecule has 0 atom stereocenters. The molecule has 3 N–H and O–H groups in total. The van der Waals surface area contributed by atoms with Gasteiger partial charge in [-0.2, -0.15) is 0 Å². The molecule has 1 aromatic heterocycles. The van der Waals surface area contributed by atoms with Gasteiger partial charge in [-0.25, -0.2) is 4.79 Å². The molecule has 0 aliphatic heterocycles. The van der Waals surface area contributed by atoms with Crippen LogP contribution in [0.1, 0.15) is 50.0 Å². The molecule has 7 nitrogen and oxygen atoms in total. The maximum absolute atomic E-state index is 12.0. The maximum Gasteiger partial charge on any atom is 0.315 e. The second-order valence-electron chi connectivity index (χ2n) is 5.65. The standard InChI is InChI=1S/C14H21N3O4/c1-10-7-11(17-21-10)9-15-13(20)16-14(8-12(18)19)5-3-2-4-6-14/h7H,2-6,8-9H2,1H3,(H,18,19)(H2,15,16,20). The van der Waals surface area contributed by atoms with Crippen LogP contribution >= 0.6 is 0 Å². The molecule has 0 radical (unpaired) electrons. The Morgan fingerprint density at radius 1 is 1.38 bits per heavy atom. The quantitative estimate of drug-likeness (QED) is 0.770. The fraction of sp³-hybridized carbons (Fsp3) is 0.643. The van der Waals surface area contributed by atoms with E-state index in [0.29, 0.717) is 24.3 Å². The highest BCUT2D eigenvalue weighted by Crippen LogP contribution is 2.31. The summed E-state index contributed by atoms with van der Waals surface area (Å²) in [4.78, 5) is 23.0. The summed E-state index contributed by atoms with van der Waals surface area (Å²) in [6.45, 7) is 2.03. The third kappa shape index (κ3) is 4.47. The third-order valence-corrected chi connectivity index (χ3v) is 3.79. The van der Waals surface area contributed by atoms with Crippen molar-refractivity contribution in [2.45, 2.75) is 57.5 Å². The molecule has 0 aromatic carbocycles. The smallest absolute Gasteiger partial charge is 0.315 e. The Hall–Kier alpha value is -2.05. The highest BCUT2D eigenvalue weighted by atomic mass is 16.5. The number of carboxylic acid groups (broad SMARTS) is 1. The lowest BCUT2D eigenvalue weighted by Gasteiger charge is -2.36. The Kier molecular flexibility index (Phi) is 4.82. The van der Waals surface area contributed by atoms with Crippen molar-refractivity contribution in [1.82, 2.24) is 15.8 Å². The van der Waals surface area contributed by atoms with Gasteiger partial charge in [0.15, 0.2) is 0 Å². The molecule has 1 aliphatic rings. The average molecular weight is 295 g/mol. The molecule has 0 bridgehead atoms. The van der Waals surface area contributed by atoms with Gasteiger partial charge in [-0.1, -0.05) is 24.4 Å². The first-order valence-corrected chi connectivity index (χ1v) is 7.19. The molecule has 7 heteroatoms. The molecular weight excluding hydrogens is 274 g/mol. The number of amides is 2. The van der Waals surface area contributed by atoms with Gasteiger partial charge < -0.3 is 20.3 Å². The van der Waals surface area contributed by atoms with Crippen molar-refractivity contribution in [3.63, 3.8) is 0 Å². The summed E-state index contributed by atoms with van der Waals surface area (Å²) in [7, 11) is 0. The van der Waals surface area contributed by atoms with Crippen LogP contribution in [0.25, 0.3) is 0 Å². The zero-order chi connectivity index (χ0) is 15.3. The Morgan fingerprint density at radius 2 is 2.10 bits per heavy atom. The van der Waals surface area contributed by atoms with Gasteiger partial charge in [0.05, 0.1) is 18.5 Å². The van der Waals surface area contributed by atoms with Crippen LogP contribution in [0, 0.1) is 6.92 Å². The monoisotopic (exact) mass is 295 g/mol. The molecule has 2 rings (SSSR count). The molecule has 21 heavy (non-hydrogen) atoms. The van der Waals surface area contributed by atoms with E-state index in [-0.39, 0.29) is 19.0 Å². The molecule has 2 amide bonds. The Bertz CT molecular complexity index is 506. The molecule has 1 aliphatic carbocycles. The first kappa shape index (κ1) is 15.3. The number of rotatable bonds is 5. The Labute approximate surface area is 123 Å². The number of aromatic nitrogens is 1. The predicted molar refractivity (Wildman–Crippen MR) is 74.7 cm³/mol. The zero-order valence-electron chi connectivity index (χ0n) is 12.1. The van der Waals surface area contributed by atoms with Crippen LogP contribution in [-0.4, -0.2) is 27.8 Å². The lowest BCUT2D eigenvalue weighted by atomic mass is 9.79. The lowest BCUT2D eigenvalue weighted by Crippen LogP contribution is -2.54. The third-order valence-electron chi connectivity index (χ3n) is 3.79. The van der Waals surface area contributed by atoms with Crippen LogP contribution in [0.4, 0.5) is 4.79 Å². The SMILES string of the molecule is Cc1cc(CNC(=O)NC2(CC(=O)O)CCCCC2)no1. The van der Waals surface area contributed by atoms with E-state index < -0.39 is 11.5 Å². The van der Waals surface area contributed by atoms with Crippen molar-refractivity contribution < 1.29 is 19.2 Å². The van der Waals surface area contributed by atoms with Crippen LogP contribution in [0.2, 0.25) is 0 Å². The maximum atomic E-state index is 12.0. The molecule has 1 fully saturated rings. The minimum Gasteiger partial charge on any atom is -0.481 e. The molecule has 0 saturated heterocycles. The number of aliphatic carboxylic acids is 1. The largest absolute Gasteiger partial charge is 0.481 e. The van der Waals surface area contributed by atoms with Crippen LogP contribution in [0.15, 0.2) is 10.6 Å². The number of carbonyl (C=O) groups excluding carboxylic acids is 1. The second kappa shape index (κ2) is 6.60. The number of hydrogen-bond acceptors (Lipinski definition) is 4. The molecule has 116 valence electrons. The second-order valence-corrected chi connectivity index (χ2v) is 5.65. The van der Waals surface area contributed by atoms with E-state index in [9.17, 15) is 9.59 Å². The van der Waals surface area contributed by atoms with E-state index in [4.69, 9.17) is 9.63 Å². The summed E-state index contributed by atoms with van der Waals surface area (Å²) in [6, 6.07) is 1.38. The first-order valence-electron chi connectivity index (χ1n) is 7.19. The van der Waals surface area contributed by atoms with Crippen molar-refractivity contribution in [2.75, 3.05) is 0 Å². The Morgan fingerprint density at radius 3 is 2.67 bits per heavy atom. The summed E-state index contributed by atoms with van der Waals surface area (Å²) >= 11 is 0. The van der Waals surface area contributed by atoms with Gasteiger partial charge in [0.25, 0.3) is 0 Å². The van der Waals surface area contributed by atoms with Crippen molar-refractivity contribution >= 4 is 12.0 Å². The number of carboxylic acids is 1. The molecule has 1 aromatic rings. The molecule has 0 unspecified atom stereocenters. The normalized spacial score (nSPS) is 17.2. The van der Waals surface area contributed by atoms with E-state index in [1.165, 1.54) is 0 Å². The number of nitrogens with one attached hydrogen (secondary N) is 2. The number of urea groups is 1. The number of carbonyl (C=O) groups is 2. The Balaban J connectivity index is 1.89. The summed E-state index contributed by atoms with van der Waals surface area (Å²) in [5, 5.41) is 18.4. The van der Waals surface area contributed by atoms with Crippen molar-refractivity contribution in [1.29, 1.82) is 0 Å². The summed E-state index contributed by atoms with van der Waals surface area (Å²) in [5.41, 5.74) is 0.00653. The molecule has 0 spiro atoms. The van der Waals surface area contributed by atoms with Crippen molar-refractivity contribution in [2.24, 2.45) is 0 Å². The van der Waals surface area contributed by atoms with Crippen LogP contribution < -0.4 is 10.6 Å². The number of hydrogen-bond donors (Lipinski definition) is 3. The molecule has 1 heterocycles. The van der Waals surface area contributed by atoms with Gasteiger partial charge in [-0.15, -0.1) is 0 Å². The van der Waals surface area contributed by atoms with Crippen LogP contribution in [0.5, 0.6) is 0 Å². The summed E-state index contributed by atoms with van der Waals surface area (Å²) in [6.07, 6.45) is 4.34. The average Bonchev–Trinajstić information content (AvgIpc) is 2.82. The van der Waals surface area contributed by atoms with Gasteiger partial charge in [-0.05, 0) is 19.8 Å². The van der Waals surface area contributed by atoms with Gasteiger partial charge in [0, 0.05) is 6.07 Å². The van der Waals surface area contributed by atoms with Crippen molar-refractivity contribution in [3.05, 3.63) is 17.5 Å². The number of nitrogens with zero attached hydrogens (tertiary/aromatic N) is 1. The molecular formula is C14H21N3O4. The molecule has 1 saturated carbocycles. The highest BCUT2D eigenvalue weighted by Gasteiger charge is 2.35. The topological polar surface area (TPSA) is 104 Å². The number of aryl methyl sites for hydroxylation is 1. The van der Waals surface area contributed by atoms with Crippen LogP contribution in [0.3, 0.4) is 0 Å². The van der Waals surface area contributed by atoms with E-state index in [2.05, 4.69) is 15.8 Å². The van der Waals surface area contributed by atoms with Crippen molar-refractivity contribution in [3.8, 4) is 0 Å². The minimum absolute atomic E-state index is 0.0382. The van der Waals surface area contributed by atoms with Gasteiger partial charge in [-0.3, -0.25) is 4.79 Å². The minimum atomic E-state index is -0.885. The summed E-state index contributed by atoms with van der Waals surface area (Å²) < 4.78 is 4.92. The summed E-state index contributed by atoms with van der Waals surface area (Å²) in [5.74, 6) is -0.203. The lowest BCUT2D eigenvalue weighted by molar-refractivity contribution is -0.139. The van der Waals surface area contributed by atoms with E-state index in [0.717, 1.165) is 19.3 Å². The fourth-order valence-corrected chi connectivity index (χ4v) is 2.82. The fourth-order valence-electron chi connectivity index (χ4n) is 2.82. The van der Waals surface area contributed by atoms with E-state index in [1.54, 1.807) is 13.0 Å². The van der Waals surface area contributed by atoms with Gasteiger partial charge in [0.2, 0.25) is 0 Å². The van der Waals surface area contributed by atoms with Crippen LogP contribution in [-0.2, 0) is 11.3 Å². The van der Waals surface area contributed by atoms with E-state index in [1.807, 2.05) is 0 Å². The highest BCUT2D eigenvalue weighted by molar-refractivity contribution is 5.76. The first-order chi connectivity index (χ1) is 9.99. The van der Waals surface area contributed by atoms with Gasteiger partial charge in [0.1, 0.15) is 11.5 Å². The predicted octanol–water partition coefficient (Wildman–Crippen LogP) is 1.96. The zero-order valence-corrected chi connectivity index (χ0v) is 12.1.